The van der Waals surface area contributed by atoms with E-state index in [2.05, 4.69) is 52.0 Å². The molecule has 0 saturated carbocycles. The van der Waals surface area contributed by atoms with Crippen molar-refractivity contribution in [3.63, 3.8) is 0 Å². The van der Waals surface area contributed by atoms with Crippen molar-refractivity contribution in [1.29, 1.82) is 0 Å². The van der Waals surface area contributed by atoms with Crippen LogP contribution >= 0.6 is 23.2 Å². The van der Waals surface area contributed by atoms with E-state index in [4.69, 9.17) is 23.2 Å². The first-order chi connectivity index (χ1) is 8.90. The Kier molecular flexibility index (Phi) is 4.23. The van der Waals surface area contributed by atoms with Gasteiger partial charge in [-0.15, -0.1) is 11.6 Å². The van der Waals surface area contributed by atoms with Crippen molar-refractivity contribution in [1.82, 2.24) is 0 Å². The van der Waals surface area contributed by atoms with E-state index in [1.807, 2.05) is 6.07 Å². The molecule has 19 heavy (non-hydrogen) atoms. The number of benzene rings is 2. The van der Waals surface area contributed by atoms with Crippen LogP contribution in [0.2, 0.25) is 5.02 Å². The summed E-state index contributed by atoms with van der Waals surface area (Å²) in [5.41, 5.74) is 7.01. The average Bonchev–Trinajstić information content (AvgIpc) is 2.36. The number of halogens is 2. The summed E-state index contributed by atoms with van der Waals surface area (Å²) in [5, 5.41) is 0.535. The summed E-state index contributed by atoms with van der Waals surface area (Å²) in [7, 11) is 0. The molecule has 100 valence electrons. The predicted octanol–water partition coefficient (Wildman–Crippen LogP) is 5.90. The smallest absolute Gasteiger partial charge is 0.0849 e. The maximum absolute atomic E-state index is 6.60. The highest BCUT2D eigenvalue weighted by molar-refractivity contribution is 6.33. The zero-order valence-electron chi connectivity index (χ0n) is 11.7. The molecule has 0 aromatic heterocycles. The molecular weight excluding hydrogens is 275 g/mol. The number of rotatable bonds is 2. The van der Waals surface area contributed by atoms with E-state index in [1.165, 1.54) is 22.3 Å². The molecule has 0 aliphatic rings. The van der Waals surface area contributed by atoms with Gasteiger partial charge in [0, 0.05) is 5.02 Å². The molecule has 0 nitrogen and oxygen atoms in total. The van der Waals surface area contributed by atoms with Crippen LogP contribution in [0.4, 0.5) is 0 Å². The number of alkyl halides is 1. The minimum atomic E-state index is -0.203. The van der Waals surface area contributed by atoms with Gasteiger partial charge >= 0.3 is 0 Å². The van der Waals surface area contributed by atoms with Crippen LogP contribution in [-0.2, 0) is 0 Å². The van der Waals surface area contributed by atoms with Crippen molar-refractivity contribution >= 4 is 23.2 Å². The maximum Gasteiger partial charge on any atom is 0.0849 e. The summed E-state index contributed by atoms with van der Waals surface area (Å²) in [4.78, 5) is 0. The van der Waals surface area contributed by atoms with Crippen LogP contribution in [0, 0.1) is 27.7 Å². The van der Waals surface area contributed by atoms with Crippen LogP contribution < -0.4 is 0 Å². The van der Waals surface area contributed by atoms with Crippen molar-refractivity contribution in [3.8, 4) is 0 Å². The second-order valence-corrected chi connectivity index (χ2v) is 6.01. The Hall–Kier alpha value is -0.980. The van der Waals surface area contributed by atoms with Gasteiger partial charge in [-0.25, -0.2) is 0 Å². The fraction of sp³-hybridized carbons (Fsp3) is 0.294. The van der Waals surface area contributed by atoms with Gasteiger partial charge in [-0.3, -0.25) is 0 Å². The molecule has 0 amide bonds. The lowest BCUT2D eigenvalue weighted by Gasteiger charge is -2.15. The lowest BCUT2D eigenvalue weighted by molar-refractivity contribution is 1.11. The van der Waals surface area contributed by atoms with E-state index in [0.29, 0.717) is 0 Å². The third kappa shape index (κ3) is 2.96. The van der Waals surface area contributed by atoms with Gasteiger partial charge < -0.3 is 0 Å². The molecule has 1 unspecified atom stereocenters. The van der Waals surface area contributed by atoms with E-state index in [0.717, 1.165) is 16.1 Å². The molecule has 0 spiro atoms. The first-order valence-electron chi connectivity index (χ1n) is 6.38. The van der Waals surface area contributed by atoms with Gasteiger partial charge in [0.15, 0.2) is 0 Å². The minimum absolute atomic E-state index is 0.203. The van der Waals surface area contributed by atoms with Crippen LogP contribution in [0.15, 0.2) is 30.3 Å². The van der Waals surface area contributed by atoms with Gasteiger partial charge in [0.25, 0.3) is 0 Å². The summed E-state index contributed by atoms with van der Waals surface area (Å²) >= 11 is 12.9. The molecule has 0 aliphatic heterocycles. The van der Waals surface area contributed by atoms with Gasteiger partial charge in [-0.05, 0) is 67.1 Å². The molecule has 2 rings (SSSR count). The van der Waals surface area contributed by atoms with Crippen molar-refractivity contribution in [2.75, 3.05) is 0 Å². The van der Waals surface area contributed by atoms with Gasteiger partial charge in [-0.2, -0.15) is 0 Å². The Morgan fingerprint density at radius 2 is 1.37 bits per heavy atom. The topological polar surface area (TPSA) is 0 Å². The molecule has 1 atom stereocenters. The van der Waals surface area contributed by atoms with Crippen LogP contribution in [0.5, 0.6) is 0 Å². The van der Waals surface area contributed by atoms with Gasteiger partial charge in [0.2, 0.25) is 0 Å². The molecule has 0 fully saturated rings. The molecule has 0 radical (unpaired) electrons. The van der Waals surface area contributed by atoms with Crippen molar-refractivity contribution in [2.24, 2.45) is 0 Å². The molecule has 0 N–H and O–H groups in total. The molecule has 0 bridgehead atoms. The number of aryl methyl sites for hydroxylation is 4. The van der Waals surface area contributed by atoms with E-state index in [1.54, 1.807) is 0 Å². The molecule has 0 aliphatic carbocycles. The van der Waals surface area contributed by atoms with Crippen molar-refractivity contribution in [2.45, 2.75) is 33.1 Å². The molecule has 2 heteroatoms. The Balaban J connectivity index is 2.46. The van der Waals surface area contributed by atoms with Crippen LogP contribution in [-0.4, -0.2) is 0 Å². The lowest BCUT2D eigenvalue weighted by Crippen LogP contribution is -1.97. The highest BCUT2D eigenvalue weighted by atomic mass is 35.5. The van der Waals surface area contributed by atoms with E-state index >= 15 is 0 Å². The van der Waals surface area contributed by atoms with Crippen molar-refractivity contribution in [3.05, 3.63) is 68.7 Å². The highest BCUT2D eigenvalue weighted by Gasteiger charge is 2.15. The predicted molar refractivity (Wildman–Crippen MR) is 84.5 cm³/mol. The van der Waals surface area contributed by atoms with Crippen LogP contribution in [0.3, 0.4) is 0 Å². The van der Waals surface area contributed by atoms with E-state index < -0.39 is 0 Å². The third-order valence-electron chi connectivity index (χ3n) is 3.71. The zero-order chi connectivity index (χ0) is 14.2. The first-order valence-corrected chi connectivity index (χ1v) is 7.19. The average molecular weight is 293 g/mol. The monoisotopic (exact) mass is 292 g/mol. The molecule has 0 heterocycles. The zero-order valence-corrected chi connectivity index (χ0v) is 13.2. The minimum Gasteiger partial charge on any atom is -0.113 e. The second-order valence-electron chi connectivity index (χ2n) is 5.16. The Morgan fingerprint density at radius 3 is 2.00 bits per heavy atom. The summed E-state index contributed by atoms with van der Waals surface area (Å²) in [6.45, 7) is 8.35. The summed E-state index contributed by atoms with van der Waals surface area (Å²) in [6, 6.07) is 10.4. The van der Waals surface area contributed by atoms with Crippen LogP contribution in [0.25, 0.3) is 0 Å². The largest absolute Gasteiger partial charge is 0.113 e. The molecule has 2 aromatic carbocycles. The summed E-state index contributed by atoms with van der Waals surface area (Å²) in [6.07, 6.45) is 0. The summed E-state index contributed by atoms with van der Waals surface area (Å²) < 4.78 is 0. The quantitative estimate of drug-likeness (QED) is 0.604. The number of hydrogen-bond acceptors (Lipinski definition) is 0. The third-order valence-corrected chi connectivity index (χ3v) is 4.52. The normalized spacial score (nSPS) is 12.5. The summed E-state index contributed by atoms with van der Waals surface area (Å²) in [5.74, 6) is 0. The van der Waals surface area contributed by atoms with Gasteiger partial charge in [-0.1, -0.05) is 35.9 Å². The fourth-order valence-corrected chi connectivity index (χ4v) is 2.80. The standard InChI is InChI=1S/C17H18Cl2/c1-10-5-6-14(7-11(10)2)17(19)15-8-12(3)13(4)9-16(15)18/h5-9,17H,1-4H3. The Labute approximate surface area is 125 Å². The highest BCUT2D eigenvalue weighted by Crippen LogP contribution is 2.35. The van der Waals surface area contributed by atoms with E-state index in [9.17, 15) is 0 Å². The first kappa shape index (κ1) is 14.4. The van der Waals surface area contributed by atoms with Gasteiger partial charge in [0.1, 0.15) is 0 Å². The van der Waals surface area contributed by atoms with Crippen LogP contribution in [0.1, 0.15) is 38.8 Å². The Morgan fingerprint density at radius 1 is 0.789 bits per heavy atom. The lowest BCUT2D eigenvalue weighted by atomic mass is 9.97. The Bertz CT molecular complexity index is 615. The van der Waals surface area contributed by atoms with Crippen molar-refractivity contribution < 1.29 is 0 Å². The molecule has 2 aromatic rings. The van der Waals surface area contributed by atoms with E-state index in [-0.39, 0.29) is 5.38 Å². The molecule has 0 saturated heterocycles. The SMILES string of the molecule is Cc1ccc(C(Cl)c2cc(C)c(C)cc2Cl)cc1C. The maximum atomic E-state index is 6.60. The van der Waals surface area contributed by atoms with Gasteiger partial charge in [0.05, 0.1) is 5.38 Å². The fourth-order valence-electron chi connectivity index (χ4n) is 2.10. The molecular formula is C17H18Cl2. The second kappa shape index (κ2) is 5.56. The number of hydrogen-bond donors (Lipinski definition) is 0.